The first-order chi connectivity index (χ1) is 14.2. The Morgan fingerprint density at radius 1 is 1.33 bits per heavy atom. The third-order valence-corrected chi connectivity index (χ3v) is 4.85. The maximum absolute atomic E-state index is 12.8. The molecule has 2 N–H and O–H groups in total. The van der Waals surface area contributed by atoms with Gasteiger partial charge in [-0.3, -0.25) is 19.7 Å². The highest BCUT2D eigenvalue weighted by atomic mass is 79.9. The van der Waals surface area contributed by atoms with E-state index < -0.39 is 28.7 Å². The maximum Gasteiger partial charge on any atom is 0.312 e. The van der Waals surface area contributed by atoms with Crippen LogP contribution in [0.2, 0.25) is 0 Å². The average molecular weight is 539 g/mol. The van der Waals surface area contributed by atoms with Crippen LogP contribution in [0.1, 0.15) is 11.4 Å². The number of halogens is 2. The monoisotopic (exact) mass is 537 g/mol. The van der Waals surface area contributed by atoms with Crippen LogP contribution in [0.15, 0.2) is 49.2 Å². The Labute approximate surface area is 185 Å². The van der Waals surface area contributed by atoms with Gasteiger partial charge in [-0.2, -0.15) is 9.78 Å². The molecule has 0 unspecified atom stereocenters. The van der Waals surface area contributed by atoms with E-state index in [9.17, 15) is 19.7 Å². The first-order valence-electron chi connectivity index (χ1n) is 8.29. The van der Waals surface area contributed by atoms with Gasteiger partial charge in [0.2, 0.25) is 5.75 Å². The van der Waals surface area contributed by atoms with Crippen molar-refractivity contribution >= 4 is 60.6 Å². The molecule has 12 heteroatoms. The predicted octanol–water partition coefficient (Wildman–Crippen LogP) is 2.88. The van der Waals surface area contributed by atoms with Crippen molar-refractivity contribution in [2.45, 2.75) is 6.92 Å². The second-order valence-electron chi connectivity index (χ2n) is 6.04. The van der Waals surface area contributed by atoms with Crippen molar-refractivity contribution in [3.05, 3.63) is 71.1 Å². The van der Waals surface area contributed by atoms with Crippen LogP contribution in [0.4, 0.5) is 5.69 Å². The van der Waals surface area contributed by atoms with Crippen molar-refractivity contribution in [2.24, 2.45) is 10.8 Å². The zero-order chi connectivity index (χ0) is 22.0. The number of ether oxygens (including phenoxy) is 1. The minimum atomic E-state index is -0.800. The van der Waals surface area contributed by atoms with Gasteiger partial charge in [-0.05, 0) is 31.2 Å². The number of rotatable bonds is 6. The normalized spacial score (nSPS) is 11.2. The highest BCUT2D eigenvalue weighted by molar-refractivity contribution is 9.10. The Kier molecular flexibility index (Phi) is 6.27. The highest BCUT2D eigenvalue weighted by Gasteiger charge is 2.21. The number of carbonyl (C=O) groups is 1. The van der Waals surface area contributed by atoms with Crippen LogP contribution in [-0.2, 0) is 4.79 Å². The molecule has 0 aliphatic heterocycles. The lowest BCUT2D eigenvalue weighted by Gasteiger charge is -2.09. The molecule has 0 aliphatic carbocycles. The SMILES string of the molecule is Cc1nc2ccc(Br)cc2c(=O)n1N=Cc1cc(Br)cc([N+](=O)[O-])c1OCC(N)=O. The predicted molar refractivity (Wildman–Crippen MR) is 117 cm³/mol. The molecule has 0 saturated carbocycles. The summed E-state index contributed by atoms with van der Waals surface area (Å²) < 4.78 is 7.40. The molecular weight excluding hydrogens is 526 g/mol. The number of hydrogen-bond acceptors (Lipinski definition) is 7. The largest absolute Gasteiger partial charge is 0.476 e. The fourth-order valence-electron chi connectivity index (χ4n) is 2.65. The molecule has 1 heterocycles. The van der Waals surface area contributed by atoms with Gasteiger partial charge >= 0.3 is 5.69 Å². The molecular formula is C18H13Br2N5O5. The average Bonchev–Trinajstić information content (AvgIpc) is 2.67. The Morgan fingerprint density at radius 2 is 2.07 bits per heavy atom. The molecule has 1 amide bonds. The summed E-state index contributed by atoms with van der Waals surface area (Å²) >= 11 is 6.51. The lowest BCUT2D eigenvalue weighted by atomic mass is 10.2. The summed E-state index contributed by atoms with van der Waals surface area (Å²) in [7, 11) is 0. The van der Waals surface area contributed by atoms with Crippen LogP contribution >= 0.6 is 31.9 Å². The Hall–Kier alpha value is -3.12. The van der Waals surface area contributed by atoms with E-state index in [-0.39, 0.29) is 11.3 Å². The number of carbonyl (C=O) groups excluding carboxylic acids is 1. The minimum Gasteiger partial charge on any atom is -0.476 e. The van der Waals surface area contributed by atoms with Crippen LogP contribution < -0.4 is 16.0 Å². The number of primary amides is 1. The topological polar surface area (TPSA) is 143 Å². The zero-order valence-corrected chi connectivity index (χ0v) is 18.5. The Morgan fingerprint density at radius 3 is 2.73 bits per heavy atom. The van der Waals surface area contributed by atoms with Gasteiger partial charge in [0, 0.05) is 20.6 Å². The lowest BCUT2D eigenvalue weighted by molar-refractivity contribution is -0.385. The van der Waals surface area contributed by atoms with E-state index in [2.05, 4.69) is 41.9 Å². The summed E-state index contributed by atoms with van der Waals surface area (Å²) in [5.74, 6) is -0.686. The fourth-order valence-corrected chi connectivity index (χ4v) is 3.47. The summed E-state index contributed by atoms with van der Waals surface area (Å²) in [6.45, 7) is 1.04. The minimum absolute atomic E-state index is 0.165. The van der Waals surface area contributed by atoms with Crippen LogP contribution in [-0.4, -0.2) is 33.3 Å². The molecule has 3 aromatic rings. The molecule has 0 bridgehead atoms. The van der Waals surface area contributed by atoms with Crippen molar-refractivity contribution in [1.29, 1.82) is 0 Å². The molecule has 10 nitrogen and oxygen atoms in total. The quantitative estimate of drug-likeness (QED) is 0.290. The second kappa shape index (κ2) is 8.71. The van der Waals surface area contributed by atoms with Gasteiger partial charge in [-0.1, -0.05) is 31.9 Å². The maximum atomic E-state index is 12.8. The van der Waals surface area contributed by atoms with Crippen molar-refractivity contribution in [1.82, 2.24) is 9.66 Å². The standard InChI is InChI=1S/C18H13Br2N5O5/c1-9-23-14-3-2-11(19)5-13(14)18(27)24(9)22-7-10-4-12(20)6-15(25(28)29)17(10)30-8-16(21)26/h2-7H,8H2,1H3,(H2,21,26). The van der Waals surface area contributed by atoms with E-state index in [1.165, 1.54) is 18.3 Å². The summed E-state index contributed by atoms with van der Waals surface area (Å²) in [5.41, 5.74) is 4.95. The molecule has 0 fully saturated rings. The summed E-state index contributed by atoms with van der Waals surface area (Å²) in [4.78, 5) is 39.0. The van der Waals surface area contributed by atoms with Gasteiger partial charge in [0.05, 0.1) is 22.0 Å². The van der Waals surface area contributed by atoms with Crippen LogP contribution in [0, 0.1) is 17.0 Å². The third-order valence-electron chi connectivity index (χ3n) is 3.90. The number of benzene rings is 2. The molecule has 2 aromatic carbocycles. The summed E-state index contributed by atoms with van der Waals surface area (Å²) in [5, 5.41) is 15.9. The van der Waals surface area contributed by atoms with Gasteiger partial charge in [0.25, 0.3) is 11.5 Å². The second-order valence-corrected chi connectivity index (χ2v) is 7.87. The first kappa shape index (κ1) is 21.6. The van der Waals surface area contributed by atoms with Gasteiger partial charge in [0.1, 0.15) is 5.82 Å². The van der Waals surface area contributed by atoms with Crippen LogP contribution in [0.3, 0.4) is 0 Å². The van der Waals surface area contributed by atoms with Gasteiger partial charge in [-0.15, -0.1) is 0 Å². The summed E-state index contributed by atoms with van der Waals surface area (Å²) in [6, 6.07) is 7.82. The van der Waals surface area contributed by atoms with E-state index in [1.54, 1.807) is 25.1 Å². The van der Waals surface area contributed by atoms with E-state index in [0.717, 1.165) is 4.68 Å². The fraction of sp³-hybridized carbons (Fsp3) is 0.111. The van der Waals surface area contributed by atoms with Crippen LogP contribution in [0.25, 0.3) is 10.9 Å². The molecule has 154 valence electrons. The molecule has 3 rings (SSSR count). The molecule has 0 saturated heterocycles. The number of nitrogens with zero attached hydrogens (tertiary/aromatic N) is 4. The molecule has 0 aliphatic rings. The van der Waals surface area contributed by atoms with Crippen molar-refractivity contribution in [3.8, 4) is 5.75 Å². The van der Waals surface area contributed by atoms with E-state index >= 15 is 0 Å². The van der Waals surface area contributed by atoms with E-state index in [1.807, 2.05) is 0 Å². The molecule has 0 atom stereocenters. The number of amides is 1. The van der Waals surface area contributed by atoms with Gasteiger partial charge in [-0.25, -0.2) is 4.98 Å². The summed E-state index contributed by atoms with van der Waals surface area (Å²) in [6.07, 6.45) is 1.22. The highest BCUT2D eigenvalue weighted by Crippen LogP contribution is 2.34. The number of hydrogen-bond donors (Lipinski definition) is 1. The number of nitro benzene ring substituents is 1. The third kappa shape index (κ3) is 4.54. The lowest BCUT2D eigenvalue weighted by Crippen LogP contribution is -2.21. The first-order valence-corrected chi connectivity index (χ1v) is 9.88. The van der Waals surface area contributed by atoms with Gasteiger partial charge in [0.15, 0.2) is 6.61 Å². The zero-order valence-electron chi connectivity index (χ0n) is 15.3. The Balaban J connectivity index is 2.15. The van der Waals surface area contributed by atoms with Gasteiger partial charge < -0.3 is 10.5 Å². The number of nitrogens with two attached hydrogens (primary N) is 1. The van der Waals surface area contributed by atoms with E-state index in [4.69, 9.17) is 10.5 Å². The van der Waals surface area contributed by atoms with Crippen molar-refractivity contribution in [3.63, 3.8) is 0 Å². The van der Waals surface area contributed by atoms with E-state index in [0.29, 0.717) is 25.7 Å². The molecule has 0 spiro atoms. The smallest absolute Gasteiger partial charge is 0.312 e. The number of aryl methyl sites for hydroxylation is 1. The molecule has 30 heavy (non-hydrogen) atoms. The molecule has 0 radical (unpaired) electrons. The van der Waals surface area contributed by atoms with Crippen LogP contribution in [0.5, 0.6) is 5.75 Å². The van der Waals surface area contributed by atoms with Crippen molar-refractivity contribution < 1.29 is 14.5 Å². The number of nitro groups is 1. The Bertz CT molecular complexity index is 1270. The number of fused-ring (bicyclic) bond motifs is 1. The number of aromatic nitrogens is 2. The molecule has 1 aromatic heterocycles. The van der Waals surface area contributed by atoms with Crippen molar-refractivity contribution in [2.75, 3.05) is 6.61 Å².